The Hall–Kier alpha value is -2.62. The molecule has 0 bridgehead atoms. The fraction of sp³-hybridized carbons (Fsp3) is 0.176. The van der Waals surface area contributed by atoms with Gasteiger partial charge in [-0.15, -0.1) is 0 Å². The highest BCUT2D eigenvalue weighted by molar-refractivity contribution is 6.04. The maximum Gasteiger partial charge on any atom is 0.265 e. The number of Topliss-reactive ketones (excluding diaryl/α,β-unsaturated/α-hetero) is 1. The lowest BCUT2D eigenvalue weighted by molar-refractivity contribution is -0.122. The molecule has 0 radical (unpaired) electrons. The van der Waals surface area contributed by atoms with Crippen LogP contribution >= 0.6 is 0 Å². The monoisotopic (exact) mass is 281 g/mol. The van der Waals surface area contributed by atoms with Crippen LogP contribution in [0.5, 0.6) is 5.75 Å². The molecule has 0 spiro atoms. The number of amides is 1. The summed E-state index contributed by atoms with van der Waals surface area (Å²) in [5.74, 6) is 0.430. The molecule has 4 heteroatoms. The van der Waals surface area contributed by atoms with Crippen molar-refractivity contribution in [3.63, 3.8) is 0 Å². The van der Waals surface area contributed by atoms with Gasteiger partial charge in [-0.3, -0.25) is 9.59 Å². The van der Waals surface area contributed by atoms with E-state index in [9.17, 15) is 9.59 Å². The Balaban J connectivity index is 1.76. The number of para-hydroxylation sites is 2. The van der Waals surface area contributed by atoms with Gasteiger partial charge in [0, 0.05) is 12.0 Å². The molecule has 0 fully saturated rings. The van der Waals surface area contributed by atoms with E-state index in [1.807, 2.05) is 24.3 Å². The van der Waals surface area contributed by atoms with E-state index in [0.29, 0.717) is 17.7 Å². The van der Waals surface area contributed by atoms with Gasteiger partial charge in [-0.1, -0.05) is 30.3 Å². The van der Waals surface area contributed by atoms with Gasteiger partial charge in [-0.05, 0) is 30.7 Å². The number of anilines is 1. The molecule has 2 aromatic rings. The number of ketones is 1. The number of carbonyl (C=O) groups is 2. The highest BCUT2D eigenvalue weighted by Crippen LogP contribution is 2.29. The summed E-state index contributed by atoms with van der Waals surface area (Å²) in [5.41, 5.74) is 2.05. The summed E-state index contributed by atoms with van der Waals surface area (Å²) < 4.78 is 5.64. The number of benzene rings is 2. The van der Waals surface area contributed by atoms with Gasteiger partial charge >= 0.3 is 0 Å². The van der Waals surface area contributed by atoms with Crippen molar-refractivity contribution in [3.05, 3.63) is 59.7 Å². The molecule has 4 nitrogen and oxygen atoms in total. The molecule has 0 saturated heterocycles. The van der Waals surface area contributed by atoms with E-state index in [4.69, 9.17) is 4.74 Å². The molecule has 0 aromatic heterocycles. The molecule has 2 aromatic carbocycles. The topological polar surface area (TPSA) is 55.4 Å². The average Bonchev–Trinajstić information content (AvgIpc) is 2.91. The number of nitrogens with one attached hydrogen (secondary N) is 1. The van der Waals surface area contributed by atoms with Crippen LogP contribution in [0.1, 0.15) is 22.8 Å². The molecular formula is C17H15NO3. The van der Waals surface area contributed by atoms with Gasteiger partial charge in [0.1, 0.15) is 5.75 Å². The molecule has 1 aliphatic heterocycles. The van der Waals surface area contributed by atoms with Gasteiger partial charge in [0.2, 0.25) is 0 Å². The third-order valence-electron chi connectivity index (χ3n) is 3.50. The van der Waals surface area contributed by atoms with Gasteiger partial charge in [0.15, 0.2) is 11.9 Å². The van der Waals surface area contributed by atoms with Gasteiger partial charge in [0.25, 0.3) is 5.91 Å². The summed E-state index contributed by atoms with van der Waals surface area (Å²) in [6.07, 6.45) is -0.00744. The van der Waals surface area contributed by atoms with E-state index in [-0.39, 0.29) is 11.7 Å². The zero-order chi connectivity index (χ0) is 14.8. The van der Waals surface area contributed by atoms with Crippen LogP contribution in [0.15, 0.2) is 48.5 Å². The van der Waals surface area contributed by atoms with Crippen LogP contribution in [0.2, 0.25) is 0 Å². The Bertz CT molecular complexity index is 684. The highest BCUT2D eigenvalue weighted by atomic mass is 16.5. The smallest absolute Gasteiger partial charge is 0.265 e. The second-order valence-electron chi connectivity index (χ2n) is 5.01. The lowest BCUT2D eigenvalue weighted by atomic mass is 10.1. The Morgan fingerprint density at radius 1 is 1.10 bits per heavy atom. The molecule has 0 saturated carbocycles. The van der Waals surface area contributed by atoms with Crippen LogP contribution in [0, 0.1) is 0 Å². The van der Waals surface area contributed by atoms with Gasteiger partial charge in [-0.25, -0.2) is 0 Å². The molecule has 0 aliphatic carbocycles. The van der Waals surface area contributed by atoms with Crippen molar-refractivity contribution in [2.24, 2.45) is 0 Å². The quantitative estimate of drug-likeness (QED) is 0.880. The SMILES string of the molecule is CC(=O)c1ccccc1NC(=O)C1Cc2ccccc2O1. The Morgan fingerprint density at radius 3 is 2.57 bits per heavy atom. The molecule has 106 valence electrons. The molecule has 3 rings (SSSR count). The summed E-state index contributed by atoms with van der Waals surface area (Å²) in [5, 5.41) is 2.78. The minimum Gasteiger partial charge on any atom is -0.480 e. The van der Waals surface area contributed by atoms with E-state index < -0.39 is 6.10 Å². The van der Waals surface area contributed by atoms with Crippen molar-refractivity contribution < 1.29 is 14.3 Å². The average molecular weight is 281 g/mol. The number of hydrogen-bond donors (Lipinski definition) is 1. The van der Waals surface area contributed by atoms with E-state index in [1.54, 1.807) is 24.3 Å². The van der Waals surface area contributed by atoms with Crippen LogP contribution in [0.25, 0.3) is 0 Å². The normalized spacial score (nSPS) is 16.0. The molecule has 1 amide bonds. The third-order valence-corrected chi connectivity index (χ3v) is 3.50. The second-order valence-corrected chi connectivity index (χ2v) is 5.01. The maximum atomic E-state index is 12.3. The molecule has 1 heterocycles. The maximum absolute atomic E-state index is 12.3. The van der Waals surface area contributed by atoms with Crippen molar-refractivity contribution in [3.8, 4) is 5.75 Å². The predicted octanol–water partition coefficient (Wildman–Crippen LogP) is 2.83. The summed E-state index contributed by atoms with van der Waals surface area (Å²) in [4.78, 5) is 23.9. The number of hydrogen-bond acceptors (Lipinski definition) is 3. The first-order valence-electron chi connectivity index (χ1n) is 6.80. The summed E-state index contributed by atoms with van der Waals surface area (Å²) >= 11 is 0. The van der Waals surface area contributed by atoms with Gasteiger partial charge in [-0.2, -0.15) is 0 Å². The zero-order valence-electron chi connectivity index (χ0n) is 11.6. The fourth-order valence-corrected chi connectivity index (χ4v) is 2.44. The molecule has 21 heavy (non-hydrogen) atoms. The first-order valence-corrected chi connectivity index (χ1v) is 6.80. The number of carbonyl (C=O) groups excluding carboxylic acids is 2. The predicted molar refractivity (Wildman–Crippen MR) is 79.6 cm³/mol. The minimum atomic E-state index is -0.553. The van der Waals surface area contributed by atoms with Crippen LogP contribution < -0.4 is 10.1 Å². The third kappa shape index (κ3) is 2.65. The van der Waals surface area contributed by atoms with E-state index in [2.05, 4.69) is 5.32 Å². The van der Waals surface area contributed by atoms with Crippen molar-refractivity contribution in [2.45, 2.75) is 19.4 Å². The lowest BCUT2D eigenvalue weighted by Crippen LogP contribution is -2.31. The van der Waals surface area contributed by atoms with E-state index >= 15 is 0 Å². The van der Waals surface area contributed by atoms with Crippen molar-refractivity contribution >= 4 is 17.4 Å². The van der Waals surface area contributed by atoms with Crippen molar-refractivity contribution in [1.29, 1.82) is 0 Å². The largest absolute Gasteiger partial charge is 0.480 e. The van der Waals surface area contributed by atoms with Crippen LogP contribution in [-0.2, 0) is 11.2 Å². The van der Waals surface area contributed by atoms with Gasteiger partial charge < -0.3 is 10.1 Å². The first-order chi connectivity index (χ1) is 10.1. The van der Waals surface area contributed by atoms with Gasteiger partial charge in [0.05, 0.1) is 5.69 Å². The Morgan fingerprint density at radius 2 is 1.81 bits per heavy atom. The summed E-state index contributed by atoms with van der Waals surface area (Å²) in [7, 11) is 0. The summed E-state index contributed by atoms with van der Waals surface area (Å²) in [6.45, 7) is 1.48. The van der Waals surface area contributed by atoms with Crippen molar-refractivity contribution in [1.82, 2.24) is 0 Å². The lowest BCUT2D eigenvalue weighted by Gasteiger charge is -2.13. The number of rotatable bonds is 3. The summed E-state index contributed by atoms with van der Waals surface area (Å²) in [6, 6.07) is 14.6. The molecule has 1 atom stereocenters. The molecule has 1 N–H and O–H groups in total. The van der Waals surface area contributed by atoms with Crippen LogP contribution in [0.3, 0.4) is 0 Å². The highest BCUT2D eigenvalue weighted by Gasteiger charge is 2.29. The second kappa shape index (κ2) is 5.40. The Labute approximate surface area is 122 Å². The minimum absolute atomic E-state index is 0.0819. The molecule has 1 unspecified atom stereocenters. The van der Waals surface area contributed by atoms with E-state index in [0.717, 1.165) is 11.3 Å². The van der Waals surface area contributed by atoms with E-state index in [1.165, 1.54) is 6.92 Å². The first kappa shape index (κ1) is 13.4. The standard InChI is InChI=1S/C17H15NO3/c1-11(19)13-7-3-4-8-14(13)18-17(20)16-10-12-6-2-5-9-15(12)21-16/h2-9,16H,10H2,1H3,(H,18,20). The zero-order valence-corrected chi connectivity index (χ0v) is 11.6. The fourth-order valence-electron chi connectivity index (χ4n) is 2.44. The number of fused-ring (bicyclic) bond motifs is 1. The van der Waals surface area contributed by atoms with Crippen LogP contribution in [0.4, 0.5) is 5.69 Å². The molecule has 1 aliphatic rings. The Kier molecular flexibility index (Phi) is 3.44. The number of ether oxygens (including phenoxy) is 1. The molecular weight excluding hydrogens is 266 g/mol. The van der Waals surface area contributed by atoms with Crippen LogP contribution in [-0.4, -0.2) is 17.8 Å². The van der Waals surface area contributed by atoms with Crippen molar-refractivity contribution in [2.75, 3.05) is 5.32 Å².